The number of methoxy groups -OCH3 is 1. The van der Waals surface area contributed by atoms with Gasteiger partial charge in [0.2, 0.25) is 11.8 Å². The highest BCUT2D eigenvalue weighted by Crippen LogP contribution is 2.45. The minimum atomic E-state index is -0.447. The Kier molecular flexibility index (Phi) is 5.31. The number of hydrogen-bond donors (Lipinski definition) is 0. The number of nitrogens with zero attached hydrogens (tertiary/aromatic N) is 4. The molecule has 0 unspecified atom stereocenters. The maximum absolute atomic E-state index is 13.2. The number of likely N-dealkylation sites (tertiary alicyclic amines) is 1. The average molecular weight is 491 g/mol. The molecule has 5 heterocycles. The van der Waals surface area contributed by atoms with Gasteiger partial charge in [-0.05, 0) is 31.0 Å². The van der Waals surface area contributed by atoms with E-state index in [0.29, 0.717) is 74.0 Å². The normalized spacial score (nSPS) is 18.3. The Morgan fingerprint density at radius 2 is 1.83 bits per heavy atom. The predicted molar refractivity (Wildman–Crippen MR) is 131 cm³/mol. The van der Waals surface area contributed by atoms with Crippen LogP contribution in [0, 0.1) is 5.41 Å². The Morgan fingerprint density at radius 3 is 2.58 bits per heavy atom. The number of anilines is 1. The number of piperidine rings is 1. The molecule has 0 atom stereocenters. The highest BCUT2D eigenvalue weighted by atomic mass is 16.6. The van der Waals surface area contributed by atoms with Crippen molar-refractivity contribution in [2.75, 3.05) is 44.9 Å². The second kappa shape index (κ2) is 8.54. The monoisotopic (exact) mass is 490 g/mol. The number of carbonyl (C=O) groups excluding carboxylic acids is 2. The van der Waals surface area contributed by atoms with Crippen LogP contribution in [0.4, 0.5) is 5.69 Å². The van der Waals surface area contributed by atoms with Crippen molar-refractivity contribution >= 4 is 28.5 Å². The van der Waals surface area contributed by atoms with Crippen molar-refractivity contribution < 1.29 is 23.8 Å². The van der Waals surface area contributed by atoms with Crippen LogP contribution in [-0.4, -0.2) is 66.2 Å². The van der Waals surface area contributed by atoms with Gasteiger partial charge in [0, 0.05) is 43.5 Å². The fourth-order valence-corrected chi connectivity index (χ4v) is 5.26. The van der Waals surface area contributed by atoms with Crippen molar-refractivity contribution in [3.8, 4) is 17.2 Å². The Balaban J connectivity index is 1.12. The standard InChI is InChI=1S/C26H26N4O6/c1-34-18-13-20-19(27-14-18)3-5-23(31)29(20)15-24(32)28-8-6-26(7-9-28)16-30(25(26)33)17-2-4-21-22(12-17)36-11-10-35-21/h2-5,12-14H,6-11,15-16H2,1H3. The molecule has 10 heteroatoms. The average Bonchev–Trinajstić information content (AvgIpc) is 2.92. The van der Waals surface area contributed by atoms with E-state index >= 15 is 0 Å². The number of ether oxygens (including phenoxy) is 3. The van der Waals surface area contributed by atoms with Gasteiger partial charge in [0.25, 0.3) is 5.56 Å². The van der Waals surface area contributed by atoms with E-state index in [9.17, 15) is 14.4 Å². The van der Waals surface area contributed by atoms with Gasteiger partial charge in [-0.1, -0.05) is 0 Å². The molecule has 0 saturated carbocycles. The molecule has 0 N–H and O–H groups in total. The largest absolute Gasteiger partial charge is 0.495 e. The molecule has 6 rings (SSSR count). The Hall–Kier alpha value is -4.08. The quantitative estimate of drug-likeness (QED) is 0.514. The summed E-state index contributed by atoms with van der Waals surface area (Å²) in [5.74, 6) is 1.79. The van der Waals surface area contributed by atoms with Gasteiger partial charge in [-0.3, -0.25) is 23.9 Å². The molecule has 2 amide bonds. The molecule has 2 saturated heterocycles. The molecule has 3 aliphatic heterocycles. The summed E-state index contributed by atoms with van der Waals surface area (Å²) in [5.41, 5.74) is 1.24. The van der Waals surface area contributed by atoms with E-state index in [2.05, 4.69) is 4.98 Å². The maximum Gasteiger partial charge on any atom is 0.251 e. The summed E-state index contributed by atoms with van der Waals surface area (Å²) in [5, 5.41) is 0. The van der Waals surface area contributed by atoms with Crippen molar-refractivity contribution in [3.63, 3.8) is 0 Å². The van der Waals surface area contributed by atoms with Crippen LogP contribution in [0.3, 0.4) is 0 Å². The number of carbonyl (C=O) groups is 2. The van der Waals surface area contributed by atoms with Crippen LogP contribution in [0.15, 0.2) is 47.4 Å². The van der Waals surface area contributed by atoms with Crippen molar-refractivity contribution in [2.45, 2.75) is 19.4 Å². The lowest BCUT2D eigenvalue weighted by Crippen LogP contribution is -2.65. The molecule has 10 nitrogen and oxygen atoms in total. The molecular formula is C26H26N4O6. The van der Waals surface area contributed by atoms with Crippen LogP contribution in [0.25, 0.3) is 11.0 Å². The van der Waals surface area contributed by atoms with Crippen molar-refractivity contribution in [1.82, 2.24) is 14.5 Å². The molecule has 0 radical (unpaired) electrons. The first-order chi connectivity index (χ1) is 17.5. The summed E-state index contributed by atoms with van der Waals surface area (Å²) < 4.78 is 17.9. The smallest absolute Gasteiger partial charge is 0.251 e. The lowest BCUT2D eigenvalue weighted by molar-refractivity contribution is -0.144. The molecular weight excluding hydrogens is 464 g/mol. The summed E-state index contributed by atoms with van der Waals surface area (Å²) in [6.07, 6.45) is 2.77. The molecule has 1 spiro atoms. The lowest BCUT2D eigenvalue weighted by atomic mass is 9.70. The van der Waals surface area contributed by atoms with Crippen LogP contribution in [0.2, 0.25) is 0 Å². The SMILES string of the molecule is COc1cnc2ccc(=O)n(CC(=O)N3CCC4(CC3)CN(c3ccc5c(c3)OCCO5)C4=O)c2c1. The molecule has 2 aromatic heterocycles. The van der Waals surface area contributed by atoms with Crippen LogP contribution in [0.1, 0.15) is 12.8 Å². The summed E-state index contributed by atoms with van der Waals surface area (Å²) in [7, 11) is 1.53. The zero-order chi connectivity index (χ0) is 24.9. The summed E-state index contributed by atoms with van der Waals surface area (Å²) in [6.45, 7) is 2.49. The third-order valence-corrected chi connectivity index (χ3v) is 7.41. The summed E-state index contributed by atoms with van der Waals surface area (Å²) in [6, 6.07) is 10.3. The van der Waals surface area contributed by atoms with Crippen LogP contribution < -0.4 is 24.7 Å². The van der Waals surface area contributed by atoms with Crippen molar-refractivity contribution in [3.05, 3.63) is 52.9 Å². The van der Waals surface area contributed by atoms with Crippen LogP contribution in [-0.2, 0) is 16.1 Å². The van der Waals surface area contributed by atoms with E-state index in [1.54, 1.807) is 28.1 Å². The van der Waals surface area contributed by atoms with E-state index in [-0.39, 0.29) is 23.9 Å². The zero-order valence-corrected chi connectivity index (χ0v) is 19.9. The van der Waals surface area contributed by atoms with E-state index in [4.69, 9.17) is 14.2 Å². The van der Waals surface area contributed by atoms with E-state index < -0.39 is 5.41 Å². The topological polar surface area (TPSA) is 103 Å². The van der Waals surface area contributed by atoms with Gasteiger partial charge in [-0.25, -0.2) is 0 Å². The van der Waals surface area contributed by atoms with Crippen LogP contribution in [0.5, 0.6) is 17.2 Å². The summed E-state index contributed by atoms with van der Waals surface area (Å²) in [4.78, 5) is 46.7. The van der Waals surface area contributed by atoms with Gasteiger partial charge in [-0.2, -0.15) is 0 Å². The number of benzene rings is 1. The number of amides is 2. The number of aromatic nitrogens is 2. The fourth-order valence-electron chi connectivity index (χ4n) is 5.26. The fraction of sp³-hybridized carbons (Fsp3) is 0.385. The minimum absolute atomic E-state index is 0.0784. The lowest BCUT2D eigenvalue weighted by Gasteiger charge is -2.52. The molecule has 0 aliphatic carbocycles. The Labute approximate surface area is 207 Å². The Bertz CT molecular complexity index is 1430. The number of hydrogen-bond acceptors (Lipinski definition) is 7. The number of rotatable bonds is 4. The molecule has 3 aliphatic rings. The third-order valence-electron chi connectivity index (χ3n) is 7.41. The van der Waals surface area contributed by atoms with Crippen molar-refractivity contribution in [1.29, 1.82) is 0 Å². The van der Waals surface area contributed by atoms with Gasteiger partial charge >= 0.3 is 0 Å². The maximum atomic E-state index is 13.2. The van der Waals surface area contributed by atoms with E-state index in [1.807, 2.05) is 18.2 Å². The first kappa shape index (κ1) is 22.4. The zero-order valence-electron chi connectivity index (χ0n) is 19.9. The first-order valence-electron chi connectivity index (χ1n) is 12.0. The molecule has 1 aromatic carbocycles. The second-order valence-electron chi connectivity index (χ2n) is 9.42. The van der Waals surface area contributed by atoms with E-state index in [0.717, 1.165) is 5.69 Å². The minimum Gasteiger partial charge on any atom is -0.495 e. The van der Waals surface area contributed by atoms with E-state index in [1.165, 1.54) is 17.7 Å². The predicted octanol–water partition coefficient (Wildman–Crippen LogP) is 1.83. The van der Waals surface area contributed by atoms with Crippen molar-refractivity contribution in [2.24, 2.45) is 5.41 Å². The second-order valence-corrected chi connectivity index (χ2v) is 9.42. The number of fused-ring (bicyclic) bond motifs is 2. The third kappa shape index (κ3) is 3.64. The van der Waals surface area contributed by atoms with Gasteiger partial charge in [0.15, 0.2) is 11.5 Å². The Morgan fingerprint density at radius 1 is 1.06 bits per heavy atom. The summed E-state index contributed by atoms with van der Waals surface area (Å²) >= 11 is 0. The highest BCUT2D eigenvalue weighted by molar-refractivity contribution is 6.05. The van der Waals surface area contributed by atoms with Gasteiger partial charge in [0.1, 0.15) is 25.5 Å². The number of β-lactam (4-membered cyclic amide) rings is 1. The molecule has 186 valence electrons. The van der Waals surface area contributed by atoms with Gasteiger partial charge in [0.05, 0.1) is 29.8 Å². The first-order valence-corrected chi connectivity index (χ1v) is 12.0. The van der Waals surface area contributed by atoms with Gasteiger partial charge in [-0.15, -0.1) is 0 Å². The molecule has 36 heavy (non-hydrogen) atoms. The molecule has 0 bridgehead atoms. The number of pyridine rings is 2. The molecule has 2 fully saturated rings. The van der Waals surface area contributed by atoms with Gasteiger partial charge < -0.3 is 24.0 Å². The van der Waals surface area contributed by atoms with Crippen LogP contribution >= 0.6 is 0 Å². The highest BCUT2D eigenvalue weighted by Gasteiger charge is 2.54. The molecule has 3 aromatic rings.